The molecule has 0 bridgehead atoms. The van der Waals surface area contributed by atoms with Crippen LogP contribution >= 0.6 is 0 Å². The standard InChI is InChI=1S/C9H14BN/c1-6-4-7(2)9(11-10)8(3)5-6/h4-5,11H,10H2,1-3H3. The van der Waals surface area contributed by atoms with Gasteiger partial charge in [-0.3, -0.25) is 0 Å². The molecule has 0 heterocycles. The van der Waals surface area contributed by atoms with Crippen molar-refractivity contribution >= 4 is 13.7 Å². The minimum absolute atomic E-state index is 1.26. The van der Waals surface area contributed by atoms with E-state index >= 15 is 0 Å². The van der Waals surface area contributed by atoms with Crippen molar-refractivity contribution < 1.29 is 0 Å². The molecule has 1 aromatic rings. The Morgan fingerprint density at radius 2 is 1.55 bits per heavy atom. The van der Waals surface area contributed by atoms with Gasteiger partial charge in [-0.25, -0.2) is 0 Å². The first-order valence-corrected chi connectivity index (χ1v) is 3.90. The molecule has 1 nitrogen and oxygen atoms in total. The first kappa shape index (κ1) is 8.18. The molecule has 58 valence electrons. The second kappa shape index (κ2) is 2.99. The molecule has 1 rings (SSSR count). The Bertz CT molecular complexity index is 245. The van der Waals surface area contributed by atoms with Crippen molar-refractivity contribution in [3.8, 4) is 0 Å². The molecule has 0 aromatic heterocycles. The largest absolute Gasteiger partial charge is 0.434 e. The van der Waals surface area contributed by atoms with Gasteiger partial charge in [-0.15, -0.1) is 0 Å². The summed E-state index contributed by atoms with van der Waals surface area (Å²) in [5.41, 5.74) is 5.24. The average molecular weight is 147 g/mol. The van der Waals surface area contributed by atoms with E-state index in [2.05, 4.69) is 38.1 Å². The minimum Gasteiger partial charge on any atom is -0.434 e. The smallest absolute Gasteiger partial charge is 0.213 e. The molecule has 0 amide bonds. The van der Waals surface area contributed by atoms with Crippen LogP contribution in [0.3, 0.4) is 0 Å². The maximum atomic E-state index is 3.19. The van der Waals surface area contributed by atoms with E-state index in [1.807, 2.05) is 7.98 Å². The molecule has 1 N–H and O–H groups in total. The van der Waals surface area contributed by atoms with E-state index in [9.17, 15) is 0 Å². The van der Waals surface area contributed by atoms with E-state index in [-0.39, 0.29) is 0 Å². The van der Waals surface area contributed by atoms with Crippen LogP contribution in [0, 0.1) is 20.8 Å². The Kier molecular flexibility index (Phi) is 2.23. The third-order valence-corrected chi connectivity index (χ3v) is 1.93. The zero-order valence-corrected chi connectivity index (χ0v) is 7.65. The van der Waals surface area contributed by atoms with Crippen molar-refractivity contribution in [1.82, 2.24) is 0 Å². The second-order valence-electron chi connectivity index (χ2n) is 3.02. The van der Waals surface area contributed by atoms with Crippen LogP contribution in [0.2, 0.25) is 0 Å². The summed E-state index contributed by atoms with van der Waals surface area (Å²) in [6, 6.07) is 4.39. The Labute approximate surface area is 69.3 Å². The van der Waals surface area contributed by atoms with Crippen molar-refractivity contribution in [3.63, 3.8) is 0 Å². The molecule has 2 heteroatoms. The lowest BCUT2D eigenvalue weighted by molar-refractivity contribution is 1.32. The predicted molar refractivity (Wildman–Crippen MR) is 52.8 cm³/mol. The Hall–Kier alpha value is -0.915. The van der Waals surface area contributed by atoms with Crippen molar-refractivity contribution in [1.29, 1.82) is 0 Å². The SMILES string of the molecule is BNc1c(C)cc(C)cc1C. The molecule has 0 fully saturated rings. The van der Waals surface area contributed by atoms with Gasteiger partial charge in [0.1, 0.15) is 0 Å². The lowest BCUT2D eigenvalue weighted by Crippen LogP contribution is -1.97. The Morgan fingerprint density at radius 3 is 1.91 bits per heavy atom. The summed E-state index contributed by atoms with van der Waals surface area (Å²) in [6.45, 7) is 6.39. The van der Waals surface area contributed by atoms with Crippen molar-refractivity contribution in [2.24, 2.45) is 0 Å². The number of benzene rings is 1. The molecular weight excluding hydrogens is 133 g/mol. The molecular formula is C9H14BN. The summed E-state index contributed by atoms with van der Waals surface area (Å²) in [7, 11) is 1.96. The van der Waals surface area contributed by atoms with Gasteiger partial charge in [0.2, 0.25) is 7.98 Å². The fourth-order valence-corrected chi connectivity index (χ4v) is 1.57. The summed E-state index contributed by atoms with van der Waals surface area (Å²) in [5.74, 6) is 0. The highest BCUT2D eigenvalue weighted by atomic mass is 14.7. The van der Waals surface area contributed by atoms with Crippen LogP contribution in [0.5, 0.6) is 0 Å². The minimum atomic E-state index is 1.26. The summed E-state index contributed by atoms with van der Waals surface area (Å²) < 4.78 is 0. The van der Waals surface area contributed by atoms with E-state index in [0.29, 0.717) is 0 Å². The maximum Gasteiger partial charge on any atom is 0.213 e. The molecule has 0 radical (unpaired) electrons. The van der Waals surface area contributed by atoms with Gasteiger partial charge in [0.15, 0.2) is 0 Å². The van der Waals surface area contributed by atoms with Crippen molar-refractivity contribution in [2.45, 2.75) is 20.8 Å². The van der Waals surface area contributed by atoms with Gasteiger partial charge >= 0.3 is 0 Å². The van der Waals surface area contributed by atoms with Crippen LogP contribution in [0.25, 0.3) is 0 Å². The molecule has 0 saturated carbocycles. The van der Waals surface area contributed by atoms with Crippen molar-refractivity contribution in [2.75, 3.05) is 5.23 Å². The van der Waals surface area contributed by atoms with E-state index in [4.69, 9.17) is 0 Å². The fraction of sp³-hybridized carbons (Fsp3) is 0.333. The number of rotatable bonds is 1. The predicted octanol–water partition coefficient (Wildman–Crippen LogP) is 1.57. The maximum absolute atomic E-state index is 3.19. The molecule has 11 heavy (non-hydrogen) atoms. The highest BCUT2D eigenvalue weighted by Crippen LogP contribution is 2.20. The Morgan fingerprint density at radius 1 is 1.09 bits per heavy atom. The number of aryl methyl sites for hydroxylation is 3. The molecule has 0 spiro atoms. The normalized spacial score (nSPS) is 9.73. The third-order valence-electron chi connectivity index (χ3n) is 1.93. The second-order valence-corrected chi connectivity index (χ2v) is 3.02. The van der Waals surface area contributed by atoms with E-state index in [1.165, 1.54) is 22.4 Å². The number of anilines is 1. The van der Waals surface area contributed by atoms with Crippen LogP contribution < -0.4 is 5.23 Å². The summed E-state index contributed by atoms with van der Waals surface area (Å²) >= 11 is 0. The Balaban J connectivity index is 3.25. The lowest BCUT2D eigenvalue weighted by Gasteiger charge is -2.09. The van der Waals surface area contributed by atoms with Gasteiger partial charge in [0, 0.05) is 5.69 Å². The highest BCUT2D eigenvalue weighted by molar-refractivity contribution is 6.16. The van der Waals surface area contributed by atoms with Gasteiger partial charge in [0.25, 0.3) is 0 Å². The molecule has 0 saturated heterocycles. The number of nitrogens with one attached hydrogen (secondary N) is 1. The van der Waals surface area contributed by atoms with E-state index < -0.39 is 0 Å². The fourth-order valence-electron chi connectivity index (χ4n) is 1.57. The van der Waals surface area contributed by atoms with Crippen molar-refractivity contribution in [3.05, 3.63) is 28.8 Å². The van der Waals surface area contributed by atoms with Crippen LogP contribution in [0.15, 0.2) is 12.1 Å². The van der Waals surface area contributed by atoms with Crippen LogP contribution in [0.4, 0.5) is 5.69 Å². The van der Waals surface area contributed by atoms with E-state index in [1.54, 1.807) is 0 Å². The first-order chi connectivity index (χ1) is 5.15. The number of hydrogen-bond acceptors (Lipinski definition) is 1. The lowest BCUT2D eigenvalue weighted by atomic mass is 10.0. The third kappa shape index (κ3) is 1.56. The molecule has 0 unspecified atom stereocenters. The molecule has 0 atom stereocenters. The monoisotopic (exact) mass is 147 g/mol. The quantitative estimate of drug-likeness (QED) is 0.594. The summed E-state index contributed by atoms with van der Waals surface area (Å²) in [4.78, 5) is 0. The molecule has 0 aliphatic heterocycles. The zero-order chi connectivity index (χ0) is 8.43. The first-order valence-electron chi connectivity index (χ1n) is 3.90. The van der Waals surface area contributed by atoms with Gasteiger partial charge in [-0.05, 0) is 31.9 Å². The molecule has 1 aromatic carbocycles. The zero-order valence-electron chi connectivity index (χ0n) is 7.65. The van der Waals surface area contributed by atoms with E-state index in [0.717, 1.165) is 0 Å². The summed E-state index contributed by atoms with van der Waals surface area (Å²) in [5, 5.41) is 3.19. The van der Waals surface area contributed by atoms with Crippen LogP contribution in [-0.2, 0) is 0 Å². The topological polar surface area (TPSA) is 12.0 Å². The molecule has 0 aliphatic carbocycles. The van der Waals surface area contributed by atoms with Gasteiger partial charge in [0.05, 0.1) is 0 Å². The van der Waals surface area contributed by atoms with Gasteiger partial charge < -0.3 is 5.23 Å². The van der Waals surface area contributed by atoms with Gasteiger partial charge in [-0.1, -0.05) is 17.7 Å². The summed E-state index contributed by atoms with van der Waals surface area (Å²) in [6.07, 6.45) is 0. The molecule has 0 aliphatic rings. The number of hydrogen-bond donors (Lipinski definition) is 1. The van der Waals surface area contributed by atoms with Crippen LogP contribution in [-0.4, -0.2) is 7.98 Å². The van der Waals surface area contributed by atoms with Crippen LogP contribution in [0.1, 0.15) is 16.7 Å². The highest BCUT2D eigenvalue weighted by Gasteiger charge is 1.99. The average Bonchev–Trinajstić information content (AvgIpc) is 1.85. The van der Waals surface area contributed by atoms with Gasteiger partial charge in [-0.2, -0.15) is 0 Å².